The summed E-state index contributed by atoms with van der Waals surface area (Å²) in [7, 11) is 0. The molecule has 0 radical (unpaired) electrons. The molecule has 0 spiro atoms. The highest BCUT2D eigenvalue weighted by molar-refractivity contribution is 8.00. The first kappa shape index (κ1) is 10.7. The number of nitrogens with zero attached hydrogens (tertiary/aromatic N) is 1. The number of rotatable bonds is 2. The van der Waals surface area contributed by atoms with Crippen molar-refractivity contribution in [2.45, 2.75) is 32.2 Å². The van der Waals surface area contributed by atoms with Crippen molar-refractivity contribution < 1.29 is 0 Å². The molecular weight excluding hydrogens is 204 g/mol. The predicted octanol–water partition coefficient (Wildman–Crippen LogP) is 2.67. The van der Waals surface area contributed by atoms with Crippen LogP contribution in [-0.2, 0) is 0 Å². The topological polar surface area (TPSA) is 15.3 Å². The highest BCUT2D eigenvalue weighted by Gasteiger charge is 2.45. The highest BCUT2D eigenvalue weighted by atomic mass is 32.2. The van der Waals surface area contributed by atoms with Gasteiger partial charge in [-0.1, -0.05) is 13.2 Å². The molecule has 15 heavy (non-hydrogen) atoms. The van der Waals surface area contributed by atoms with E-state index < -0.39 is 0 Å². The smallest absolute Gasteiger partial charge is 0.105 e. The summed E-state index contributed by atoms with van der Waals surface area (Å²) in [5.74, 6) is 1.13. The number of hydrogen-bond acceptors (Lipinski definition) is 3. The molecule has 0 aliphatic carbocycles. The molecule has 2 aliphatic rings. The summed E-state index contributed by atoms with van der Waals surface area (Å²) in [5, 5.41) is 3.90. The fourth-order valence-corrected chi connectivity index (χ4v) is 3.55. The monoisotopic (exact) mass is 222 g/mol. The van der Waals surface area contributed by atoms with Gasteiger partial charge >= 0.3 is 0 Å². The van der Waals surface area contributed by atoms with Gasteiger partial charge in [0.2, 0.25) is 0 Å². The first-order valence-corrected chi connectivity index (χ1v) is 6.25. The van der Waals surface area contributed by atoms with Gasteiger partial charge in [-0.2, -0.15) is 0 Å². The lowest BCUT2D eigenvalue weighted by molar-refractivity contribution is 0.225. The maximum absolute atomic E-state index is 4.14. The van der Waals surface area contributed by atoms with E-state index in [9.17, 15) is 0 Å². The normalized spacial score (nSPS) is 29.8. The molecule has 1 N–H and O–H groups in total. The third kappa shape index (κ3) is 1.59. The van der Waals surface area contributed by atoms with Crippen molar-refractivity contribution in [1.82, 2.24) is 10.2 Å². The summed E-state index contributed by atoms with van der Waals surface area (Å²) < 4.78 is 0. The Morgan fingerprint density at radius 3 is 2.80 bits per heavy atom. The summed E-state index contributed by atoms with van der Waals surface area (Å²) in [6, 6.07) is 0.371. The van der Waals surface area contributed by atoms with Crippen molar-refractivity contribution in [3.05, 3.63) is 35.8 Å². The zero-order valence-electron chi connectivity index (χ0n) is 9.63. The minimum absolute atomic E-state index is 0.371. The van der Waals surface area contributed by atoms with E-state index >= 15 is 0 Å². The van der Waals surface area contributed by atoms with E-state index in [2.05, 4.69) is 37.2 Å². The molecule has 0 saturated carbocycles. The second kappa shape index (κ2) is 3.63. The minimum Gasteiger partial charge on any atom is -0.378 e. The lowest BCUT2D eigenvalue weighted by atomic mass is 10.0. The molecule has 2 unspecified atom stereocenters. The number of nitrogens with one attached hydrogen (secondary N) is 1. The molecule has 2 rings (SSSR count). The Bertz CT molecular complexity index is 357. The molecule has 82 valence electrons. The average molecular weight is 222 g/mol. The second-order valence-corrected chi connectivity index (χ2v) is 5.44. The fraction of sp³-hybridized carbons (Fsp3) is 0.500. The Kier molecular flexibility index (Phi) is 2.59. The number of hydrogen-bond donors (Lipinski definition) is 1. The summed E-state index contributed by atoms with van der Waals surface area (Å²) in [5.41, 5.74) is 5.03. The Morgan fingerprint density at radius 2 is 2.20 bits per heavy atom. The summed E-state index contributed by atoms with van der Waals surface area (Å²) in [4.78, 5) is 2.34. The van der Waals surface area contributed by atoms with Gasteiger partial charge in [0.05, 0.1) is 6.04 Å². The van der Waals surface area contributed by atoms with Gasteiger partial charge in [0.15, 0.2) is 0 Å². The van der Waals surface area contributed by atoms with Crippen LogP contribution in [-0.4, -0.2) is 22.1 Å². The summed E-state index contributed by atoms with van der Waals surface area (Å²) in [6.07, 6.45) is 0. The number of fused-ring (bicyclic) bond motifs is 1. The standard InChI is InChI=1S/C12H18N2S/c1-7(2)13-11-10(5)14-9(4)8(3)6-15-12(11)14/h11-13H,1,5-6H2,2-4H3. The van der Waals surface area contributed by atoms with Gasteiger partial charge < -0.3 is 10.2 Å². The van der Waals surface area contributed by atoms with Crippen LogP contribution < -0.4 is 5.32 Å². The first-order chi connectivity index (χ1) is 7.02. The van der Waals surface area contributed by atoms with E-state index in [0.29, 0.717) is 11.4 Å². The van der Waals surface area contributed by atoms with Crippen LogP contribution in [0.4, 0.5) is 0 Å². The molecular formula is C12H18N2S. The average Bonchev–Trinajstić information content (AvgIpc) is 2.18. The predicted molar refractivity (Wildman–Crippen MR) is 67.3 cm³/mol. The van der Waals surface area contributed by atoms with Crippen molar-refractivity contribution in [3.63, 3.8) is 0 Å². The van der Waals surface area contributed by atoms with Crippen LogP contribution in [0.5, 0.6) is 0 Å². The molecule has 0 bridgehead atoms. The van der Waals surface area contributed by atoms with Crippen LogP contribution in [0, 0.1) is 0 Å². The Morgan fingerprint density at radius 1 is 1.53 bits per heavy atom. The van der Waals surface area contributed by atoms with Gasteiger partial charge in [-0.25, -0.2) is 0 Å². The zero-order chi connectivity index (χ0) is 11.2. The van der Waals surface area contributed by atoms with Crippen LogP contribution in [0.2, 0.25) is 0 Å². The van der Waals surface area contributed by atoms with Crippen molar-refractivity contribution in [2.75, 3.05) is 5.75 Å². The molecule has 0 aromatic rings. The third-order valence-electron chi connectivity index (χ3n) is 3.06. The second-order valence-electron chi connectivity index (χ2n) is 4.33. The quantitative estimate of drug-likeness (QED) is 0.773. The van der Waals surface area contributed by atoms with E-state index in [1.807, 2.05) is 18.7 Å². The van der Waals surface area contributed by atoms with E-state index in [4.69, 9.17) is 0 Å². The van der Waals surface area contributed by atoms with E-state index in [1.54, 1.807) is 0 Å². The van der Waals surface area contributed by atoms with Crippen LogP contribution in [0.25, 0.3) is 0 Å². The van der Waals surface area contributed by atoms with Gasteiger partial charge in [-0.15, -0.1) is 11.8 Å². The van der Waals surface area contributed by atoms with E-state index in [1.165, 1.54) is 17.0 Å². The molecule has 2 heterocycles. The third-order valence-corrected chi connectivity index (χ3v) is 4.48. The van der Waals surface area contributed by atoms with Crippen molar-refractivity contribution in [1.29, 1.82) is 0 Å². The molecule has 0 aromatic heterocycles. The lowest BCUT2D eigenvalue weighted by Gasteiger charge is -2.54. The van der Waals surface area contributed by atoms with Crippen LogP contribution >= 0.6 is 11.8 Å². The number of thioether (sulfide) groups is 1. The van der Waals surface area contributed by atoms with Crippen molar-refractivity contribution in [2.24, 2.45) is 0 Å². The molecule has 1 saturated heterocycles. The van der Waals surface area contributed by atoms with E-state index in [0.717, 1.165) is 11.4 Å². The van der Waals surface area contributed by atoms with Gasteiger partial charge in [-0.05, 0) is 26.3 Å². The SMILES string of the molecule is C=C(C)NC1C(=C)N2C(C)=C(C)CSC12. The fourth-order valence-electron chi connectivity index (χ4n) is 2.06. The van der Waals surface area contributed by atoms with Gasteiger partial charge in [0.1, 0.15) is 5.37 Å². The maximum atomic E-state index is 4.14. The Balaban J connectivity index is 2.15. The minimum atomic E-state index is 0.371. The lowest BCUT2D eigenvalue weighted by Crippen LogP contribution is -2.61. The van der Waals surface area contributed by atoms with Gasteiger partial charge in [0, 0.05) is 22.8 Å². The van der Waals surface area contributed by atoms with Crippen LogP contribution in [0.15, 0.2) is 35.8 Å². The Labute approximate surface area is 96.1 Å². The van der Waals surface area contributed by atoms with E-state index in [-0.39, 0.29) is 0 Å². The van der Waals surface area contributed by atoms with Crippen LogP contribution in [0.1, 0.15) is 20.8 Å². The van der Waals surface area contributed by atoms with Crippen molar-refractivity contribution in [3.8, 4) is 0 Å². The molecule has 2 aliphatic heterocycles. The van der Waals surface area contributed by atoms with Crippen LogP contribution in [0.3, 0.4) is 0 Å². The molecule has 1 fully saturated rings. The van der Waals surface area contributed by atoms with Gasteiger partial charge in [0.25, 0.3) is 0 Å². The molecule has 3 heteroatoms. The zero-order valence-corrected chi connectivity index (χ0v) is 10.4. The molecule has 0 amide bonds. The molecule has 2 atom stereocenters. The summed E-state index contributed by atoms with van der Waals surface area (Å²) in [6.45, 7) is 14.4. The summed E-state index contributed by atoms with van der Waals surface area (Å²) >= 11 is 1.98. The molecule has 2 nitrogen and oxygen atoms in total. The molecule has 0 aromatic carbocycles. The maximum Gasteiger partial charge on any atom is 0.105 e. The van der Waals surface area contributed by atoms with Gasteiger partial charge in [-0.3, -0.25) is 0 Å². The van der Waals surface area contributed by atoms with Crippen molar-refractivity contribution >= 4 is 11.8 Å². The first-order valence-electron chi connectivity index (χ1n) is 5.20. The highest BCUT2D eigenvalue weighted by Crippen LogP contribution is 2.44. The number of allylic oxidation sites excluding steroid dienone is 2. The largest absolute Gasteiger partial charge is 0.378 e. The Hall–Kier alpha value is -0.830.